The maximum Gasteiger partial charge on any atom is 0.289 e. The summed E-state index contributed by atoms with van der Waals surface area (Å²) in [5, 5.41) is 13.5. The van der Waals surface area contributed by atoms with Crippen molar-refractivity contribution in [2.45, 2.75) is 26.4 Å². The van der Waals surface area contributed by atoms with E-state index in [1.165, 1.54) is 6.26 Å². The Morgan fingerprint density at radius 3 is 2.58 bits per heavy atom. The Kier molecular flexibility index (Phi) is 6.12. The number of nitrogens with zero attached hydrogens (tertiary/aromatic N) is 6. The van der Waals surface area contributed by atoms with Crippen LogP contribution in [0.25, 0.3) is 10.9 Å². The summed E-state index contributed by atoms with van der Waals surface area (Å²) >= 11 is 0. The van der Waals surface area contributed by atoms with Gasteiger partial charge in [-0.25, -0.2) is 4.68 Å². The standard InChI is InChI=1S/C27H27N7O4/c1-17-13-18(2)23-19(14-17)15-21(26(35)28-23)24(25-29-30-31-34(25)16-20-5-3-11-37-20)32-7-9-33(10-8-32)27(36)22-6-4-12-38-22/h3-6,11-15,24H,7-10,16H2,1-2H3,(H,28,35). The minimum atomic E-state index is -0.533. The summed E-state index contributed by atoms with van der Waals surface area (Å²) in [6.07, 6.45) is 3.10. The Morgan fingerprint density at radius 2 is 1.84 bits per heavy atom. The zero-order valence-electron chi connectivity index (χ0n) is 21.1. The number of rotatable bonds is 6. The van der Waals surface area contributed by atoms with E-state index in [4.69, 9.17) is 8.83 Å². The van der Waals surface area contributed by atoms with Gasteiger partial charge < -0.3 is 18.7 Å². The van der Waals surface area contributed by atoms with Crippen molar-refractivity contribution in [1.82, 2.24) is 35.0 Å². The van der Waals surface area contributed by atoms with Gasteiger partial charge in [0, 0.05) is 31.7 Å². The molecule has 0 radical (unpaired) electrons. The van der Waals surface area contributed by atoms with Gasteiger partial charge in [-0.1, -0.05) is 11.6 Å². The number of aryl methyl sites for hydroxylation is 2. The fraction of sp³-hybridized carbons (Fsp3) is 0.296. The van der Waals surface area contributed by atoms with Crippen LogP contribution < -0.4 is 5.56 Å². The number of pyridine rings is 1. The molecule has 0 aliphatic carbocycles. The second-order valence-corrected chi connectivity index (χ2v) is 9.58. The highest BCUT2D eigenvalue weighted by Gasteiger charge is 2.34. The highest BCUT2D eigenvalue weighted by atomic mass is 16.3. The molecule has 4 aromatic heterocycles. The Bertz CT molecular complexity index is 1630. The predicted octanol–water partition coefficient (Wildman–Crippen LogP) is 2.91. The van der Waals surface area contributed by atoms with Gasteiger partial charge in [-0.2, -0.15) is 0 Å². The van der Waals surface area contributed by atoms with Crippen molar-refractivity contribution in [2.75, 3.05) is 26.2 Å². The van der Waals surface area contributed by atoms with E-state index >= 15 is 0 Å². The normalized spacial score (nSPS) is 15.3. The number of benzene rings is 1. The minimum Gasteiger partial charge on any atom is -0.467 e. The molecule has 1 atom stereocenters. The van der Waals surface area contributed by atoms with E-state index in [0.29, 0.717) is 55.6 Å². The van der Waals surface area contributed by atoms with E-state index in [-0.39, 0.29) is 11.5 Å². The molecule has 1 aliphatic heterocycles. The smallest absolute Gasteiger partial charge is 0.289 e. The van der Waals surface area contributed by atoms with Crippen molar-refractivity contribution in [3.63, 3.8) is 0 Å². The molecule has 194 valence electrons. The molecule has 1 aromatic carbocycles. The zero-order valence-corrected chi connectivity index (χ0v) is 21.1. The van der Waals surface area contributed by atoms with Gasteiger partial charge in [-0.3, -0.25) is 14.5 Å². The maximum atomic E-state index is 13.6. The molecule has 0 saturated carbocycles. The van der Waals surface area contributed by atoms with Gasteiger partial charge in [0.25, 0.3) is 11.5 Å². The Hall–Kier alpha value is -4.51. The van der Waals surface area contributed by atoms with Crippen molar-refractivity contribution in [1.29, 1.82) is 0 Å². The second kappa shape index (κ2) is 9.75. The zero-order chi connectivity index (χ0) is 26.2. The van der Waals surface area contributed by atoms with Gasteiger partial charge in [0.15, 0.2) is 11.6 Å². The van der Waals surface area contributed by atoms with Crippen LogP contribution in [0.5, 0.6) is 0 Å². The number of aromatic nitrogens is 5. The van der Waals surface area contributed by atoms with Gasteiger partial charge in [0.2, 0.25) is 0 Å². The molecule has 5 heterocycles. The molecule has 1 aliphatic rings. The van der Waals surface area contributed by atoms with Crippen molar-refractivity contribution >= 4 is 16.8 Å². The van der Waals surface area contributed by atoms with Crippen molar-refractivity contribution in [2.24, 2.45) is 0 Å². The molecule has 1 fully saturated rings. The van der Waals surface area contributed by atoms with E-state index in [2.05, 4.69) is 37.5 Å². The molecule has 0 bridgehead atoms. The van der Waals surface area contributed by atoms with E-state index in [9.17, 15) is 9.59 Å². The number of nitrogens with one attached hydrogen (secondary N) is 1. The van der Waals surface area contributed by atoms with Crippen LogP contribution >= 0.6 is 0 Å². The Labute approximate surface area is 217 Å². The topological polar surface area (TPSA) is 126 Å². The lowest BCUT2D eigenvalue weighted by atomic mass is 10.00. The summed E-state index contributed by atoms with van der Waals surface area (Å²) in [6.45, 7) is 6.34. The fourth-order valence-corrected chi connectivity index (χ4v) is 5.22. The van der Waals surface area contributed by atoms with E-state index in [1.54, 1.807) is 28.0 Å². The van der Waals surface area contributed by atoms with Crippen LogP contribution in [0, 0.1) is 13.8 Å². The van der Waals surface area contributed by atoms with E-state index < -0.39 is 6.04 Å². The first-order chi connectivity index (χ1) is 18.5. The van der Waals surface area contributed by atoms with Gasteiger partial charge in [0.1, 0.15) is 18.3 Å². The number of hydrogen-bond acceptors (Lipinski definition) is 8. The first kappa shape index (κ1) is 23.9. The molecule has 1 amide bonds. The van der Waals surface area contributed by atoms with Crippen LogP contribution in [0.4, 0.5) is 0 Å². The average molecular weight is 514 g/mol. The highest BCUT2D eigenvalue weighted by molar-refractivity contribution is 5.91. The number of aromatic amines is 1. The molecular formula is C27H27N7O4. The molecule has 1 saturated heterocycles. The van der Waals surface area contributed by atoms with Crippen LogP contribution in [-0.4, -0.2) is 67.1 Å². The summed E-state index contributed by atoms with van der Waals surface area (Å²) < 4.78 is 12.5. The number of fused-ring (bicyclic) bond motifs is 1. The predicted molar refractivity (Wildman–Crippen MR) is 138 cm³/mol. The van der Waals surface area contributed by atoms with Crippen LogP contribution in [0.1, 0.15) is 44.9 Å². The number of piperazine rings is 1. The fourth-order valence-electron chi connectivity index (χ4n) is 5.22. The van der Waals surface area contributed by atoms with E-state index in [0.717, 1.165) is 22.0 Å². The lowest BCUT2D eigenvalue weighted by Crippen LogP contribution is -2.50. The van der Waals surface area contributed by atoms with Crippen molar-refractivity contribution in [3.05, 3.63) is 99.4 Å². The molecule has 1 unspecified atom stereocenters. The monoisotopic (exact) mass is 513 g/mol. The van der Waals surface area contributed by atoms with Gasteiger partial charge in [0.05, 0.1) is 18.0 Å². The SMILES string of the molecule is Cc1cc(C)c2[nH]c(=O)c(C(c3nnnn3Cc3ccco3)N3CCN(C(=O)c4ccco4)CC3)cc2c1. The number of hydrogen-bond donors (Lipinski definition) is 1. The van der Waals surface area contributed by atoms with Crippen LogP contribution in [0.2, 0.25) is 0 Å². The maximum absolute atomic E-state index is 13.6. The summed E-state index contributed by atoms with van der Waals surface area (Å²) in [5.41, 5.74) is 3.28. The number of amides is 1. The largest absolute Gasteiger partial charge is 0.467 e. The number of carbonyl (C=O) groups is 1. The Morgan fingerprint density at radius 1 is 1.05 bits per heavy atom. The van der Waals surface area contributed by atoms with Crippen LogP contribution in [0.3, 0.4) is 0 Å². The van der Waals surface area contributed by atoms with Gasteiger partial charge >= 0.3 is 0 Å². The first-order valence-corrected chi connectivity index (χ1v) is 12.5. The third-order valence-corrected chi connectivity index (χ3v) is 7.01. The molecule has 11 heteroatoms. The molecular weight excluding hydrogens is 486 g/mol. The summed E-state index contributed by atoms with van der Waals surface area (Å²) in [5.74, 6) is 1.39. The number of carbonyl (C=O) groups excluding carboxylic acids is 1. The first-order valence-electron chi connectivity index (χ1n) is 12.5. The summed E-state index contributed by atoms with van der Waals surface area (Å²) in [6, 6.07) is 12.5. The van der Waals surface area contributed by atoms with E-state index in [1.807, 2.05) is 32.0 Å². The summed E-state index contributed by atoms with van der Waals surface area (Å²) in [4.78, 5) is 33.4. The van der Waals surface area contributed by atoms with Gasteiger partial charge in [-0.05, 0) is 71.6 Å². The minimum absolute atomic E-state index is 0.150. The lowest BCUT2D eigenvalue weighted by molar-refractivity contribution is 0.0558. The number of tetrazole rings is 1. The van der Waals surface area contributed by atoms with Crippen LogP contribution in [0.15, 0.2) is 68.6 Å². The molecule has 5 aromatic rings. The molecule has 38 heavy (non-hydrogen) atoms. The highest BCUT2D eigenvalue weighted by Crippen LogP contribution is 2.29. The Balaban J connectivity index is 1.39. The number of H-pyrrole nitrogens is 1. The second-order valence-electron chi connectivity index (χ2n) is 9.58. The third kappa shape index (κ3) is 4.41. The van der Waals surface area contributed by atoms with Crippen molar-refractivity contribution < 1.29 is 13.6 Å². The average Bonchev–Trinajstić information content (AvgIpc) is 3.70. The number of furan rings is 2. The van der Waals surface area contributed by atoms with Crippen molar-refractivity contribution in [3.8, 4) is 0 Å². The quantitative estimate of drug-likeness (QED) is 0.367. The molecule has 0 spiro atoms. The lowest BCUT2D eigenvalue weighted by Gasteiger charge is -2.38. The van der Waals surface area contributed by atoms with Gasteiger partial charge in [-0.15, -0.1) is 5.10 Å². The molecule has 1 N–H and O–H groups in total. The third-order valence-electron chi connectivity index (χ3n) is 7.01. The molecule has 6 rings (SSSR count). The molecule has 11 nitrogen and oxygen atoms in total. The summed E-state index contributed by atoms with van der Waals surface area (Å²) in [7, 11) is 0. The van der Waals surface area contributed by atoms with Crippen LogP contribution in [-0.2, 0) is 6.54 Å².